The molecule has 0 spiro atoms. The third-order valence-electron chi connectivity index (χ3n) is 2.26. The normalized spacial score (nSPS) is 16.5. The van der Waals surface area contributed by atoms with Crippen LogP contribution in [-0.2, 0) is 4.74 Å². The van der Waals surface area contributed by atoms with Gasteiger partial charge in [0.15, 0.2) is 16.7 Å². The van der Waals surface area contributed by atoms with E-state index in [1.807, 2.05) is 0 Å². The van der Waals surface area contributed by atoms with Gasteiger partial charge >= 0.3 is 0 Å². The van der Waals surface area contributed by atoms with E-state index in [2.05, 4.69) is 14.9 Å². The Hall–Kier alpha value is -1.07. The third-order valence-corrected chi connectivity index (χ3v) is 2.53. The zero-order valence-electron chi connectivity index (χ0n) is 8.44. The fourth-order valence-electron chi connectivity index (χ4n) is 1.52. The summed E-state index contributed by atoms with van der Waals surface area (Å²) in [6.45, 7) is 2.99. The van der Waals surface area contributed by atoms with Crippen LogP contribution in [0.15, 0.2) is 6.33 Å². The summed E-state index contributed by atoms with van der Waals surface area (Å²) in [7, 11) is 1.56. The van der Waals surface area contributed by atoms with E-state index in [-0.39, 0.29) is 0 Å². The van der Waals surface area contributed by atoms with Gasteiger partial charge in [0.25, 0.3) is 0 Å². The molecule has 1 aromatic rings. The maximum absolute atomic E-state index is 5.91. The highest BCUT2D eigenvalue weighted by Gasteiger charge is 2.19. The van der Waals surface area contributed by atoms with Crippen LogP contribution in [0, 0.1) is 0 Å². The molecule has 15 heavy (non-hydrogen) atoms. The van der Waals surface area contributed by atoms with Crippen molar-refractivity contribution >= 4 is 17.4 Å². The molecule has 0 N–H and O–H groups in total. The Balaban J connectivity index is 2.29. The van der Waals surface area contributed by atoms with E-state index < -0.39 is 0 Å². The fraction of sp³-hybridized carbons (Fsp3) is 0.556. The first-order valence-electron chi connectivity index (χ1n) is 4.70. The predicted molar refractivity (Wildman–Crippen MR) is 56.6 cm³/mol. The minimum atomic E-state index is 0.342. The molecule has 82 valence electrons. The number of halogens is 1. The van der Waals surface area contributed by atoms with Crippen molar-refractivity contribution in [3.05, 3.63) is 11.5 Å². The Morgan fingerprint density at radius 3 is 2.80 bits per heavy atom. The summed E-state index contributed by atoms with van der Waals surface area (Å²) in [5.41, 5.74) is 0. The molecule has 0 aromatic carbocycles. The number of ether oxygens (including phenoxy) is 2. The van der Waals surface area contributed by atoms with Crippen molar-refractivity contribution in [1.29, 1.82) is 0 Å². The lowest BCUT2D eigenvalue weighted by atomic mass is 10.4. The van der Waals surface area contributed by atoms with E-state index in [1.165, 1.54) is 6.33 Å². The van der Waals surface area contributed by atoms with Gasteiger partial charge in [0, 0.05) is 13.1 Å². The summed E-state index contributed by atoms with van der Waals surface area (Å²) in [4.78, 5) is 10.1. The number of aromatic nitrogens is 2. The average molecular weight is 230 g/mol. The van der Waals surface area contributed by atoms with Crippen LogP contribution in [0.3, 0.4) is 0 Å². The van der Waals surface area contributed by atoms with E-state index in [0.717, 1.165) is 18.9 Å². The predicted octanol–water partition coefficient (Wildman–Crippen LogP) is 0.975. The lowest BCUT2D eigenvalue weighted by Gasteiger charge is -2.28. The highest BCUT2D eigenvalue weighted by molar-refractivity contribution is 6.31. The molecule has 0 saturated carbocycles. The second-order valence-electron chi connectivity index (χ2n) is 3.12. The van der Waals surface area contributed by atoms with E-state index in [9.17, 15) is 0 Å². The molecule has 2 rings (SSSR count). The number of anilines is 1. The maximum Gasteiger partial charge on any atom is 0.199 e. The second-order valence-corrected chi connectivity index (χ2v) is 3.48. The molecule has 0 bridgehead atoms. The maximum atomic E-state index is 5.91. The molecule has 1 aliphatic heterocycles. The second kappa shape index (κ2) is 4.63. The van der Waals surface area contributed by atoms with Crippen LogP contribution in [0.4, 0.5) is 5.82 Å². The summed E-state index contributed by atoms with van der Waals surface area (Å²) in [5, 5.41) is 0.342. The van der Waals surface area contributed by atoms with Gasteiger partial charge in [-0.25, -0.2) is 9.97 Å². The quantitative estimate of drug-likeness (QED) is 0.708. The molecule has 2 heterocycles. The Bertz CT molecular complexity index is 342. The van der Waals surface area contributed by atoms with Gasteiger partial charge in [-0.15, -0.1) is 0 Å². The summed E-state index contributed by atoms with van der Waals surface area (Å²) in [6, 6.07) is 0. The Morgan fingerprint density at radius 1 is 1.40 bits per heavy atom. The molecule has 0 radical (unpaired) electrons. The number of rotatable bonds is 2. The molecule has 0 aliphatic carbocycles. The van der Waals surface area contributed by atoms with Gasteiger partial charge in [-0.05, 0) is 0 Å². The van der Waals surface area contributed by atoms with Crippen molar-refractivity contribution in [2.24, 2.45) is 0 Å². The fourth-order valence-corrected chi connectivity index (χ4v) is 1.72. The van der Waals surface area contributed by atoms with Crippen molar-refractivity contribution in [2.75, 3.05) is 38.3 Å². The van der Waals surface area contributed by atoms with Crippen LogP contribution >= 0.6 is 11.6 Å². The topological polar surface area (TPSA) is 47.5 Å². The van der Waals surface area contributed by atoms with Gasteiger partial charge in [-0.2, -0.15) is 0 Å². The third kappa shape index (κ3) is 2.13. The van der Waals surface area contributed by atoms with Crippen molar-refractivity contribution in [2.45, 2.75) is 0 Å². The molecule has 5 nitrogen and oxygen atoms in total. The van der Waals surface area contributed by atoms with Crippen LogP contribution in [0.5, 0.6) is 5.75 Å². The zero-order valence-corrected chi connectivity index (χ0v) is 9.20. The molecular weight excluding hydrogens is 218 g/mol. The van der Waals surface area contributed by atoms with Gasteiger partial charge in [0.1, 0.15) is 6.33 Å². The van der Waals surface area contributed by atoms with Crippen LogP contribution in [0.25, 0.3) is 0 Å². The van der Waals surface area contributed by atoms with Crippen LogP contribution in [-0.4, -0.2) is 43.4 Å². The first-order valence-corrected chi connectivity index (χ1v) is 5.08. The van der Waals surface area contributed by atoms with Crippen LogP contribution in [0.1, 0.15) is 0 Å². The summed E-state index contributed by atoms with van der Waals surface area (Å²) in [6.07, 6.45) is 1.44. The smallest absolute Gasteiger partial charge is 0.199 e. The number of morpholine rings is 1. The van der Waals surface area contributed by atoms with Crippen molar-refractivity contribution in [3.8, 4) is 5.75 Å². The lowest BCUT2D eigenvalue weighted by molar-refractivity contribution is 0.122. The zero-order chi connectivity index (χ0) is 10.7. The van der Waals surface area contributed by atoms with E-state index >= 15 is 0 Å². The number of nitrogens with zero attached hydrogens (tertiary/aromatic N) is 3. The molecular formula is C9H12ClN3O2. The van der Waals surface area contributed by atoms with Crippen LogP contribution in [0.2, 0.25) is 5.15 Å². The van der Waals surface area contributed by atoms with Crippen molar-refractivity contribution < 1.29 is 9.47 Å². The minimum Gasteiger partial charge on any atom is -0.490 e. The van der Waals surface area contributed by atoms with Gasteiger partial charge in [-0.3, -0.25) is 0 Å². The van der Waals surface area contributed by atoms with E-state index in [1.54, 1.807) is 7.11 Å². The monoisotopic (exact) mass is 229 g/mol. The summed E-state index contributed by atoms with van der Waals surface area (Å²) in [5.74, 6) is 1.27. The molecule has 0 unspecified atom stereocenters. The minimum absolute atomic E-state index is 0.342. The molecule has 0 amide bonds. The van der Waals surface area contributed by atoms with Crippen molar-refractivity contribution in [1.82, 2.24) is 9.97 Å². The van der Waals surface area contributed by atoms with Gasteiger partial charge in [-0.1, -0.05) is 11.6 Å². The van der Waals surface area contributed by atoms with Gasteiger partial charge < -0.3 is 14.4 Å². The average Bonchev–Trinajstić information content (AvgIpc) is 2.30. The molecule has 1 fully saturated rings. The Labute approximate surface area is 93.0 Å². The highest BCUT2D eigenvalue weighted by Crippen LogP contribution is 2.31. The van der Waals surface area contributed by atoms with Gasteiger partial charge in [0.2, 0.25) is 0 Å². The molecule has 6 heteroatoms. The largest absolute Gasteiger partial charge is 0.490 e. The molecule has 1 aliphatic rings. The first-order chi connectivity index (χ1) is 7.33. The summed E-state index contributed by atoms with van der Waals surface area (Å²) < 4.78 is 10.5. The molecule has 1 aromatic heterocycles. The van der Waals surface area contributed by atoms with E-state index in [4.69, 9.17) is 21.1 Å². The van der Waals surface area contributed by atoms with Gasteiger partial charge in [0.05, 0.1) is 20.3 Å². The molecule has 1 saturated heterocycles. The lowest BCUT2D eigenvalue weighted by Crippen LogP contribution is -2.37. The first kappa shape index (κ1) is 10.4. The number of methoxy groups -OCH3 is 1. The highest BCUT2D eigenvalue weighted by atomic mass is 35.5. The van der Waals surface area contributed by atoms with Crippen LogP contribution < -0.4 is 9.64 Å². The number of hydrogen-bond acceptors (Lipinski definition) is 5. The Morgan fingerprint density at radius 2 is 2.13 bits per heavy atom. The van der Waals surface area contributed by atoms with E-state index in [0.29, 0.717) is 24.1 Å². The molecule has 0 atom stereocenters. The standard InChI is InChI=1S/C9H12ClN3O2/c1-14-7-8(10)11-6-12-9(7)13-2-4-15-5-3-13/h6H,2-5H2,1H3. The number of hydrogen-bond donors (Lipinski definition) is 0. The van der Waals surface area contributed by atoms with Crippen molar-refractivity contribution in [3.63, 3.8) is 0 Å². The summed E-state index contributed by atoms with van der Waals surface area (Å²) >= 11 is 5.91. The Kier molecular flexibility index (Phi) is 3.23. The SMILES string of the molecule is COc1c(Cl)ncnc1N1CCOCC1.